The number of aromatic nitrogens is 1. The average molecular weight is 976 g/mol. The summed E-state index contributed by atoms with van der Waals surface area (Å²) in [5.41, 5.74) is 20.6. The number of fused-ring (bicyclic) bond motifs is 3. The summed E-state index contributed by atoms with van der Waals surface area (Å²) in [6.07, 6.45) is 1.11. The van der Waals surface area contributed by atoms with Crippen LogP contribution in [-0.2, 0) is 6.42 Å². The van der Waals surface area contributed by atoms with E-state index in [0.717, 1.165) is 12.0 Å². The van der Waals surface area contributed by atoms with E-state index >= 15 is 0 Å². The average Bonchev–Trinajstić information content (AvgIpc) is 3.82. The molecule has 0 fully saturated rings. The second kappa shape index (κ2) is 33.1. The van der Waals surface area contributed by atoms with Crippen LogP contribution in [0.2, 0.25) is 0 Å². The fourth-order valence-corrected chi connectivity index (χ4v) is 8.62. The van der Waals surface area contributed by atoms with Gasteiger partial charge in [0.05, 0.1) is 5.52 Å². The van der Waals surface area contributed by atoms with Crippen LogP contribution in [0, 0.1) is 20.8 Å². The van der Waals surface area contributed by atoms with E-state index in [2.05, 4.69) is 260 Å². The molecule has 0 spiro atoms. The summed E-state index contributed by atoms with van der Waals surface area (Å²) < 4.78 is 2.49. The van der Waals surface area contributed by atoms with Crippen molar-refractivity contribution in [1.82, 2.24) is 4.57 Å². The monoisotopic (exact) mass is 976 g/mol. The maximum Gasteiger partial charge on any atom is 0.0529 e. The third-order valence-electron chi connectivity index (χ3n) is 12.2. The van der Waals surface area contributed by atoms with Gasteiger partial charge in [0, 0.05) is 22.3 Å². The van der Waals surface area contributed by atoms with Gasteiger partial charge < -0.3 is 4.57 Å². The first-order valence-electron chi connectivity index (χ1n) is 26.8. The highest BCUT2D eigenvalue weighted by Gasteiger charge is 2.17. The van der Waals surface area contributed by atoms with Gasteiger partial charge in [0.15, 0.2) is 0 Å². The van der Waals surface area contributed by atoms with Crippen LogP contribution in [0.5, 0.6) is 0 Å². The van der Waals surface area contributed by atoms with E-state index in [4.69, 9.17) is 0 Å². The van der Waals surface area contributed by atoms with E-state index in [1.807, 2.05) is 78.8 Å². The largest absolute Gasteiger partial charge is 0.338 e. The minimum Gasteiger partial charge on any atom is -0.338 e. The van der Waals surface area contributed by atoms with Gasteiger partial charge in [0.25, 0.3) is 0 Å². The maximum atomic E-state index is 4.04. The molecule has 0 bridgehead atoms. The first-order chi connectivity index (χ1) is 36.1. The molecule has 74 heavy (non-hydrogen) atoms. The van der Waals surface area contributed by atoms with Crippen molar-refractivity contribution in [2.24, 2.45) is 0 Å². The van der Waals surface area contributed by atoms with Gasteiger partial charge in [-0.15, -0.1) is 13.2 Å². The molecule has 1 heteroatoms. The molecular formula is C73H85N. The van der Waals surface area contributed by atoms with Crippen LogP contribution in [-0.4, -0.2) is 4.57 Å². The zero-order valence-corrected chi connectivity index (χ0v) is 47.2. The molecule has 1 nitrogen and oxygen atoms in total. The zero-order valence-electron chi connectivity index (χ0n) is 47.2. The predicted octanol–water partition coefficient (Wildman–Crippen LogP) is 22.5. The van der Waals surface area contributed by atoms with Gasteiger partial charge in [-0.3, -0.25) is 0 Å². The minimum absolute atomic E-state index is 0.429. The van der Waals surface area contributed by atoms with E-state index in [1.54, 1.807) is 0 Å². The lowest BCUT2D eigenvalue weighted by Gasteiger charge is -2.16. The molecule has 0 atom stereocenters. The molecule has 1 heterocycles. The molecule has 0 N–H and O–H groups in total. The number of hydrogen-bond donors (Lipinski definition) is 0. The van der Waals surface area contributed by atoms with Crippen molar-refractivity contribution in [3.05, 3.63) is 272 Å². The summed E-state index contributed by atoms with van der Waals surface area (Å²) in [6, 6.07) is 79.6. The molecule has 0 aliphatic rings. The first-order valence-corrected chi connectivity index (χ1v) is 26.8. The lowest BCUT2D eigenvalue weighted by molar-refractivity contribution is 0.641. The van der Waals surface area contributed by atoms with E-state index in [0.29, 0.717) is 6.04 Å². The van der Waals surface area contributed by atoms with Gasteiger partial charge in [-0.05, 0) is 127 Å². The van der Waals surface area contributed by atoms with Gasteiger partial charge >= 0.3 is 0 Å². The van der Waals surface area contributed by atoms with E-state index < -0.39 is 0 Å². The zero-order chi connectivity index (χ0) is 54.4. The molecule has 0 amide bonds. The third kappa shape index (κ3) is 16.7. The number of aryl methyl sites for hydroxylation is 4. The molecule has 0 aliphatic heterocycles. The third-order valence-corrected chi connectivity index (χ3v) is 12.2. The maximum absolute atomic E-state index is 4.04. The second-order valence-corrected chi connectivity index (χ2v) is 17.3. The summed E-state index contributed by atoms with van der Waals surface area (Å²) >= 11 is 0. The van der Waals surface area contributed by atoms with Crippen molar-refractivity contribution in [1.29, 1.82) is 0 Å². The van der Waals surface area contributed by atoms with Crippen LogP contribution in [0.1, 0.15) is 103 Å². The molecule has 1 aromatic heterocycles. The molecule has 9 aromatic carbocycles. The number of hydrogen-bond acceptors (Lipinski definition) is 0. The Bertz CT molecular complexity index is 3130. The molecule has 10 rings (SSSR count). The SMILES string of the molecule is C=C.C=C(C)c1cccc(-c2ccccc2-c2ccccc2)c1.CC.CC.CC.CCc1ccc(-c2ccccc2)cc1.Cc1ccccc1.Cc1ccccc1-c1ccc2c3ccccc3n(C(C)C)c2c1C. The molecule has 0 aliphatic carbocycles. The van der Waals surface area contributed by atoms with Crippen molar-refractivity contribution in [2.45, 2.75) is 102 Å². The topological polar surface area (TPSA) is 4.93 Å². The molecule has 0 saturated carbocycles. The van der Waals surface area contributed by atoms with Gasteiger partial charge in [0.2, 0.25) is 0 Å². The van der Waals surface area contributed by atoms with Crippen molar-refractivity contribution < 1.29 is 0 Å². The molecule has 0 unspecified atom stereocenters. The Labute approximate surface area is 448 Å². The highest BCUT2D eigenvalue weighted by molar-refractivity contribution is 6.10. The lowest BCUT2D eigenvalue weighted by atomic mass is 9.93. The van der Waals surface area contributed by atoms with Crippen molar-refractivity contribution in [2.75, 3.05) is 0 Å². The quantitative estimate of drug-likeness (QED) is 0.140. The van der Waals surface area contributed by atoms with Crippen LogP contribution in [0.3, 0.4) is 0 Å². The lowest BCUT2D eigenvalue weighted by Crippen LogP contribution is -2.01. The predicted molar refractivity (Wildman–Crippen MR) is 334 cm³/mol. The summed E-state index contributed by atoms with van der Waals surface area (Å²) in [6.45, 7) is 37.3. The first kappa shape index (κ1) is 60.6. The number of benzene rings is 9. The Morgan fingerprint density at radius 2 is 0.892 bits per heavy atom. The van der Waals surface area contributed by atoms with Gasteiger partial charge in [-0.25, -0.2) is 0 Å². The Kier molecular flexibility index (Phi) is 27.1. The standard InChI is InChI=1S/C23H23N.C21H18.C14H14.C7H8.3C2H6.C2H4/c1-15(2)24-22-12-8-7-11-20(22)21-14-13-19(17(4)23(21)24)18-10-6-5-9-16(18)3;1-16(2)18-11-8-12-19(15-18)21-14-7-6-13-20(21)17-9-4-3-5-10-17;1-2-12-8-10-14(11-9-12)13-6-4-3-5-7-13;1-7-5-3-2-4-6-7;4*1-2/h5-15H,1-4H3;3-15H,1H2,2H3;3-11H,2H2,1H3;2-6H,1H3;3*1-2H3;1-2H2. The van der Waals surface area contributed by atoms with Gasteiger partial charge in [-0.2, -0.15) is 0 Å². The summed E-state index contributed by atoms with van der Waals surface area (Å²) in [7, 11) is 0. The number of nitrogens with zero attached hydrogens (tertiary/aromatic N) is 1. The van der Waals surface area contributed by atoms with Gasteiger partial charge in [0.1, 0.15) is 0 Å². The molecule has 0 radical (unpaired) electrons. The Morgan fingerprint density at radius 3 is 1.41 bits per heavy atom. The number of rotatable bonds is 7. The molecular weight excluding hydrogens is 891 g/mol. The van der Waals surface area contributed by atoms with Crippen LogP contribution >= 0.6 is 0 Å². The molecule has 0 saturated heterocycles. The second-order valence-electron chi connectivity index (χ2n) is 17.3. The molecule has 382 valence electrons. The van der Waals surface area contributed by atoms with E-state index in [1.165, 1.54) is 94.1 Å². The van der Waals surface area contributed by atoms with E-state index in [9.17, 15) is 0 Å². The fraction of sp³-hybridized carbons (Fsp3) is 0.205. The Hall–Kier alpha value is -7.74. The van der Waals surface area contributed by atoms with E-state index in [-0.39, 0.29) is 0 Å². The number of allylic oxidation sites excluding steroid dienone is 1. The summed E-state index contributed by atoms with van der Waals surface area (Å²) in [4.78, 5) is 0. The van der Waals surface area contributed by atoms with Crippen LogP contribution in [0.25, 0.3) is 71.9 Å². The smallest absolute Gasteiger partial charge is 0.0529 e. The van der Waals surface area contributed by atoms with Gasteiger partial charge in [-0.1, -0.05) is 279 Å². The van der Waals surface area contributed by atoms with Crippen LogP contribution in [0.15, 0.2) is 244 Å². The summed E-state index contributed by atoms with van der Waals surface area (Å²) in [5, 5.41) is 2.70. The normalized spacial score (nSPS) is 9.76. The summed E-state index contributed by atoms with van der Waals surface area (Å²) in [5.74, 6) is 0. The van der Waals surface area contributed by atoms with Crippen molar-refractivity contribution in [3.63, 3.8) is 0 Å². The van der Waals surface area contributed by atoms with Crippen LogP contribution in [0.4, 0.5) is 0 Å². The number of para-hydroxylation sites is 1. The molecule has 10 aromatic rings. The highest BCUT2D eigenvalue weighted by Crippen LogP contribution is 2.39. The highest BCUT2D eigenvalue weighted by atomic mass is 15.0. The van der Waals surface area contributed by atoms with Crippen LogP contribution < -0.4 is 0 Å². The van der Waals surface area contributed by atoms with Crippen molar-refractivity contribution >= 4 is 27.4 Å². The van der Waals surface area contributed by atoms with Crippen molar-refractivity contribution in [3.8, 4) is 44.5 Å². The Balaban J connectivity index is 0.000000263. The fourth-order valence-electron chi connectivity index (χ4n) is 8.62. The minimum atomic E-state index is 0.429. The Morgan fingerprint density at radius 1 is 0.432 bits per heavy atom.